The highest BCUT2D eigenvalue weighted by molar-refractivity contribution is 5.85. The fraction of sp³-hybridized carbons (Fsp3) is 0.381. The lowest BCUT2D eigenvalue weighted by Gasteiger charge is -2.31. The SMILES string of the molecule is CCN(CC(O)c1ccc(C)cc1)C(=O)C1Cc2ccccc2CN1.Cl. The summed E-state index contributed by atoms with van der Waals surface area (Å²) in [7, 11) is 0. The molecular formula is C21H27ClN2O2. The quantitative estimate of drug-likeness (QED) is 0.845. The fourth-order valence-electron chi connectivity index (χ4n) is 3.33. The molecule has 0 bridgehead atoms. The second-order valence-corrected chi connectivity index (χ2v) is 6.71. The van der Waals surface area contributed by atoms with Crippen molar-refractivity contribution in [3.8, 4) is 0 Å². The van der Waals surface area contributed by atoms with Crippen molar-refractivity contribution < 1.29 is 9.90 Å². The molecule has 2 atom stereocenters. The number of carbonyl (C=O) groups excluding carboxylic acids is 1. The van der Waals surface area contributed by atoms with E-state index in [1.807, 2.05) is 50.2 Å². The van der Waals surface area contributed by atoms with E-state index in [-0.39, 0.29) is 24.4 Å². The molecule has 5 heteroatoms. The first-order valence-corrected chi connectivity index (χ1v) is 8.92. The number of amides is 1. The van der Waals surface area contributed by atoms with Crippen molar-refractivity contribution in [1.82, 2.24) is 10.2 Å². The molecule has 0 aromatic heterocycles. The molecule has 2 N–H and O–H groups in total. The van der Waals surface area contributed by atoms with Crippen LogP contribution in [0.25, 0.3) is 0 Å². The van der Waals surface area contributed by atoms with Gasteiger partial charge in [-0.15, -0.1) is 12.4 Å². The normalized spacial score (nSPS) is 17.0. The Bertz CT molecular complexity index is 733. The number of hydrogen-bond donors (Lipinski definition) is 2. The number of carbonyl (C=O) groups is 1. The molecule has 2 aromatic carbocycles. The number of aliphatic hydroxyl groups is 1. The van der Waals surface area contributed by atoms with Crippen molar-refractivity contribution in [2.24, 2.45) is 0 Å². The van der Waals surface area contributed by atoms with Gasteiger partial charge in [-0.1, -0.05) is 54.1 Å². The van der Waals surface area contributed by atoms with Gasteiger partial charge in [-0.05, 0) is 37.0 Å². The molecule has 26 heavy (non-hydrogen) atoms. The van der Waals surface area contributed by atoms with Gasteiger partial charge >= 0.3 is 0 Å². The summed E-state index contributed by atoms with van der Waals surface area (Å²) in [6, 6.07) is 15.8. The van der Waals surface area contributed by atoms with E-state index in [1.165, 1.54) is 11.1 Å². The Morgan fingerprint density at radius 1 is 1.19 bits per heavy atom. The number of nitrogens with one attached hydrogen (secondary N) is 1. The molecule has 2 aromatic rings. The number of aryl methyl sites for hydroxylation is 1. The molecule has 0 radical (unpaired) electrons. The number of benzene rings is 2. The van der Waals surface area contributed by atoms with Crippen LogP contribution in [-0.4, -0.2) is 35.0 Å². The van der Waals surface area contributed by atoms with E-state index < -0.39 is 6.10 Å². The van der Waals surface area contributed by atoms with E-state index in [1.54, 1.807) is 4.90 Å². The van der Waals surface area contributed by atoms with Gasteiger partial charge in [0.25, 0.3) is 0 Å². The lowest BCUT2D eigenvalue weighted by atomic mass is 9.95. The first-order valence-electron chi connectivity index (χ1n) is 8.92. The molecule has 140 valence electrons. The predicted molar refractivity (Wildman–Crippen MR) is 106 cm³/mol. The van der Waals surface area contributed by atoms with Crippen molar-refractivity contribution in [1.29, 1.82) is 0 Å². The maximum atomic E-state index is 12.9. The Kier molecular flexibility index (Phi) is 7.21. The van der Waals surface area contributed by atoms with Crippen LogP contribution in [0.15, 0.2) is 48.5 Å². The summed E-state index contributed by atoms with van der Waals surface area (Å²) in [6.45, 7) is 5.59. The van der Waals surface area contributed by atoms with Gasteiger partial charge in [0, 0.05) is 13.1 Å². The third kappa shape index (κ3) is 4.64. The summed E-state index contributed by atoms with van der Waals surface area (Å²) in [4.78, 5) is 14.7. The Balaban J connectivity index is 0.00000243. The van der Waals surface area contributed by atoms with Crippen LogP contribution in [-0.2, 0) is 17.8 Å². The summed E-state index contributed by atoms with van der Waals surface area (Å²) in [5.74, 6) is 0.0585. The van der Waals surface area contributed by atoms with Crippen molar-refractivity contribution >= 4 is 18.3 Å². The zero-order valence-corrected chi connectivity index (χ0v) is 16.1. The lowest BCUT2D eigenvalue weighted by molar-refractivity contribution is -0.135. The first-order chi connectivity index (χ1) is 12.1. The first kappa shape index (κ1) is 20.4. The van der Waals surface area contributed by atoms with E-state index in [4.69, 9.17) is 0 Å². The summed E-state index contributed by atoms with van der Waals surface area (Å²) in [5.41, 5.74) is 4.49. The Morgan fingerprint density at radius 3 is 2.50 bits per heavy atom. The summed E-state index contributed by atoms with van der Waals surface area (Å²) in [5, 5.41) is 13.8. The third-order valence-corrected chi connectivity index (χ3v) is 4.93. The fourth-order valence-corrected chi connectivity index (χ4v) is 3.33. The molecule has 4 nitrogen and oxygen atoms in total. The van der Waals surface area contributed by atoms with E-state index in [9.17, 15) is 9.90 Å². The zero-order chi connectivity index (χ0) is 17.8. The van der Waals surface area contributed by atoms with Crippen molar-refractivity contribution in [3.05, 3.63) is 70.8 Å². The molecule has 0 spiro atoms. The average Bonchev–Trinajstić information content (AvgIpc) is 2.65. The Hall–Kier alpha value is -1.88. The molecular weight excluding hydrogens is 348 g/mol. The number of fused-ring (bicyclic) bond motifs is 1. The number of halogens is 1. The lowest BCUT2D eigenvalue weighted by Crippen LogP contribution is -2.50. The Morgan fingerprint density at radius 2 is 1.85 bits per heavy atom. The molecule has 1 heterocycles. The number of nitrogens with zero attached hydrogens (tertiary/aromatic N) is 1. The van der Waals surface area contributed by atoms with Crippen LogP contribution in [0.5, 0.6) is 0 Å². The second-order valence-electron chi connectivity index (χ2n) is 6.71. The smallest absolute Gasteiger partial charge is 0.240 e. The van der Waals surface area contributed by atoms with Gasteiger partial charge in [0.1, 0.15) is 0 Å². The van der Waals surface area contributed by atoms with Gasteiger partial charge in [-0.2, -0.15) is 0 Å². The molecule has 1 amide bonds. The highest BCUT2D eigenvalue weighted by Crippen LogP contribution is 2.19. The van der Waals surface area contributed by atoms with E-state index in [2.05, 4.69) is 17.4 Å². The van der Waals surface area contributed by atoms with Crippen LogP contribution >= 0.6 is 12.4 Å². The van der Waals surface area contributed by atoms with Gasteiger partial charge in [-0.25, -0.2) is 0 Å². The maximum absolute atomic E-state index is 12.9. The van der Waals surface area contributed by atoms with Gasteiger partial charge < -0.3 is 15.3 Å². The highest BCUT2D eigenvalue weighted by atomic mass is 35.5. The van der Waals surface area contributed by atoms with E-state index >= 15 is 0 Å². The molecule has 2 unspecified atom stereocenters. The molecule has 3 rings (SSSR count). The zero-order valence-electron chi connectivity index (χ0n) is 15.3. The third-order valence-electron chi connectivity index (χ3n) is 4.93. The topological polar surface area (TPSA) is 52.6 Å². The Labute approximate surface area is 161 Å². The molecule has 0 saturated heterocycles. The van der Waals surface area contributed by atoms with Crippen LogP contribution in [0.3, 0.4) is 0 Å². The van der Waals surface area contributed by atoms with Crippen LogP contribution in [0.2, 0.25) is 0 Å². The number of hydrogen-bond acceptors (Lipinski definition) is 3. The highest BCUT2D eigenvalue weighted by Gasteiger charge is 2.28. The van der Waals surface area contributed by atoms with Gasteiger partial charge in [0.05, 0.1) is 18.7 Å². The standard InChI is InChI=1S/C21H26N2O2.ClH/c1-3-23(14-20(24)16-10-8-15(2)9-11-16)21(25)19-12-17-6-4-5-7-18(17)13-22-19;/h4-11,19-20,22,24H,3,12-14H2,1-2H3;1H. The summed E-state index contributed by atoms with van der Waals surface area (Å²) in [6.07, 6.45) is 0.0342. The summed E-state index contributed by atoms with van der Waals surface area (Å²) >= 11 is 0. The average molecular weight is 375 g/mol. The molecule has 1 aliphatic heterocycles. The van der Waals surface area contributed by atoms with Crippen molar-refractivity contribution in [3.63, 3.8) is 0 Å². The minimum Gasteiger partial charge on any atom is -0.387 e. The number of rotatable bonds is 5. The second kappa shape index (κ2) is 9.17. The maximum Gasteiger partial charge on any atom is 0.240 e. The van der Waals surface area contributed by atoms with Crippen LogP contribution in [0.4, 0.5) is 0 Å². The largest absolute Gasteiger partial charge is 0.387 e. The van der Waals surface area contributed by atoms with Gasteiger partial charge in [0.2, 0.25) is 5.91 Å². The number of aliphatic hydroxyl groups excluding tert-OH is 1. The van der Waals surface area contributed by atoms with Crippen LogP contribution in [0.1, 0.15) is 35.3 Å². The molecule has 1 aliphatic rings. The van der Waals surface area contributed by atoms with Crippen LogP contribution < -0.4 is 5.32 Å². The molecule has 0 saturated carbocycles. The molecule has 0 aliphatic carbocycles. The number of likely N-dealkylation sites (N-methyl/N-ethyl adjacent to an activating group) is 1. The minimum absolute atomic E-state index is 0. The minimum atomic E-state index is -0.666. The van der Waals surface area contributed by atoms with E-state index in [0.717, 1.165) is 11.1 Å². The van der Waals surface area contributed by atoms with E-state index in [0.29, 0.717) is 26.1 Å². The van der Waals surface area contributed by atoms with Crippen LogP contribution in [0, 0.1) is 6.92 Å². The van der Waals surface area contributed by atoms with Crippen molar-refractivity contribution in [2.45, 2.75) is 39.0 Å². The molecule has 0 fully saturated rings. The van der Waals surface area contributed by atoms with Gasteiger partial charge in [0.15, 0.2) is 0 Å². The van der Waals surface area contributed by atoms with Crippen molar-refractivity contribution in [2.75, 3.05) is 13.1 Å². The monoisotopic (exact) mass is 374 g/mol. The summed E-state index contributed by atoms with van der Waals surface area (Å²) < 4.78 is 0. The van der Waals surface area contributed by atoms with Gasteiger partial charge in [-0.3, -0.25) is 4.79 Å². The predicted octanol–water partition coefficient (Wildman–Crippen LogP) is 3.01.